The first-order valence-corrected chi connectivity index (χ1v) is 7.71. The number of aromatic carboxylic acids is 1. The Labute approximate surface area is 123 Å². The van der Waals surface area contributed by atoms with Crippen molar-refractivity contribution in [2.75, 3.05) is 6.54 Å². The number of rotatable bonds is 4. The first-order chi connectivity index (χ1) is 9.08. The van der Waals surface area contributed by atoms with E-state index in [0.29, 0.717) is 12.1 Å². The third-order valence-corrected chi connectivity index (χ3v) is 4.69. The molecule has 2 rings (SSSR count). The number of hydrogen-bond acceptors (Lipinski definition) is 4. The number of carboxylic acid groups (broad SMARTS) is 1. The van der Waals surface area contributed by atoms with E-state index >= 15 is 0 Å². The van der Waals surface area contributed by atoms with Crippen LogP contribution in [-0.2, 0) is 11.3 Å². The second kappa shape index (κ2) is 6.49. The lowest BCUT2D eigenvalue weighted by atomic mass is 10.1. The number of carbonyl (C=O) groups is 2. The largest absolute Gasteiger partial charge is 0.478 e. The normalized spacial score (nSPS) is 19.8. The van der Waals surface area contributed by atoms with Crippen LogP contribution in [0.3, 0.4) is 0 Å². The van der Waals surface area contributed by atoms with E-state index in [0.717, 1.165) is 34.5 Å². The zero-order valence-electron chi connectivity index (χ0n) is 10.2. The summed E-state index contributed by atoms with van der Waals surface area (Å²) in [5, 5.41) is 15.1. The number of halogens is 1. The number of hydrogen-bond donors (Lipinski definition) is 3. The number of nitrogens with one attached hydrogen (secondary N) is 2. The highest BCUT2D eigenvalue weighted by molar-refractivity contribution is 9.11. The van der Waals surface area contributed by atoms with Gasteiger partial charge in [0.2, 0.25) is 5.91 Å². The highest BCUT2D eigenvalue weighted by atomic mass is 79.9. The van der Waals surface area contributed by atoms with Crippen LogP contribution in [0.25, 0.3) is 0 Å². The molecule has 0 bridgehead atoms. The molecule has 0 aromatic carbocycles. The van der Waals surface area contributed by atoms with Gasteiger partial charge in [0.05, 0.1) is 15.4 Å². The van der Waals surface area contributed by atoms with Gasteiger partial charge in [0.1, 0.15) is 0 Å². The first kappa shape index (κ1) is 14.5. The van der Waals surface area contributed by atoms with Gasteiger partial charge in [-0.05, 0) is 41.3 Å². The molecule has 1 unspecified atom stereocenters. The molecular formula is C12H15BrN2O3S. The first-order valence-electron chi connectivity index (χ1n) is 6.10. The van der Waals surface area contributed by atoms with Crippen LogP contribution in [0.5, 0.6) is 0 Å². The molecule has 1 aliphatic heterocycles. The van der Waals surface area contributed by atoms with Crippen molar-refractivity contribution < 1.29 is 14.7 Å². The predicted octanol–water partition coefficient (Wildman–Crippen LogP) is 1.97. The summed E-state index contributed by atoms with van der Waals surface area (Å²) in [6.07, 6.45) is 2.78. The van der Waals surface area contributed by atoms with Gasteiger partial charge in [-0.25, -0.2) is 4.79 Å². The molecule has 3 N–H and O–H groups in total. The Kier molecular flexibility index (Phi) is 4.95. The Balaban J connectivity index is 2.01. The fourth-order valence-corrected chi connectivity index (χ4v) is 3.70. The smallest absolute Gasteiger partial charge is 0.336 e. The summed E-state index contributed by atoms with van der Waals surface area (Å²) >= 11 is 4.67. The molecule has 2 heterocycles. The maximum atomic E-state index is 11.8. The summed E-state index contributed by atoms with van der Waals surface area (Å²) in [5.41, 5.74) is 0.290. The molecule has 1 aromatic heterocycles. The summed E-state index contributed by atoms with van der Waals surface area (Å²) in [5.74, 6) is -0.936. The molecule has 0 spiro atoms. The molecule has 0 saturated carbocycles. The molecular weight excluding hydrogens is 332 g/mol. The van der Waals surface area contributed by atoms with E-state index in [4.69, 9.17) is 5.11 Å². The Hall–Kier alpha value is -0.920. The molecule has 1 saturated heterocycles. The summed E-state index contributed by atoms with van der Waals surface area (Å²) in [7, 11) is 0. The van der Waals surface area contributed by atoms with E-state index in [1.165, 1.54) is 11.3 Å². The van der Waals surface area contributed by atoms with Crippen LogP contribution in [0, 0.1) is 0 Å². The monoisotopic (exact) mass is 346 g/mol. The average molecular weight is 347 g/mol. The van der Waals surface area contributed by atoms with Gasteiger partial charge in [0.15, 0.2) is 0 Å². The molecule has 1 fully saturated rings. The molecule has 19 heavy (non-hydrogen) atoms. The van der Waals surface area contributed by atoms with Crippen molar-refractivity contribution in [1.82, 2.24) is 10.6 Å². The van der Waals surface area contributed by atoms with Gasteiger partial charge in [-0.1, -0.05) is 0 Å². The lowest BCUT2D eigenvalue weighted by Crippen LogP contribution is -2.42. The summed E-state index contributed by atoms with van der Waals surface area (Å²) in [6, 6.07) is 1.36. The van der Waals surface area contributed by atoms with Gasteiger partial charge < -0.3 is 15.7 Å². The number of carbonyl (C=O) groups excluding carboxylic acids is 1. The molecule has 1 aliphatic rings. The van der Waals surface area contributed by atoms with Crippen molar-refractivity contribution in [3.8, 4) is 0 Å². The maximum absolute atomic E-state index is 11.8. The fraction of sp³-hybridized carbons (Fsp3) is 0.500. The van der Waals surface area contributed by atoms with E-state index in [2.05, 4.69) is 26.6 Å². The van der Waals surface area contributed by atoms with Crippen molar-refractivity contribution in [1.29, 1.82) is 0 Å². The topological polar surface area (TPSA) is 78.4 Å². The van der Waals surface area contributed by atoms with Crippen LogP contribution in [0.2, 0.25) is 0 Å². The Morgan fingerprint density at radius 2 is 2.37 bits per heavy atom. The minimum absolute atomic E-state index is 0.00463. The van der Waals surface area contributed by atoms with Gasteiger partial charge in [-0.2, -0.15) is 0 Å². The van der Waals surface area contributed by atoms with Crippen molar-refractivity contribution in [3.63, 3.8) is 0 Å². The summed E-state index contributed by atoms with van der Waals surface area (Å²) in [4.78, 5) is 23.6. The molecule has 0 radical (unpaired) electrons. The molecule has 1 aromatic rings. The van der Waals surface area contributed by atoms with Crippen LogP contribution < -0.4 is 10.6 Å². The molecule has 1 amide bonds. The minimum atomic E-state index is -0.941. The third-order valence-electron chi connectivity index (χ3n) is 3.05. The van der Waals surface area contributed by atoms with Crippen LogP contribution >= 0.6 is 27.3 Å². The highest BCUT2D eigenvalue weighted by Gasteiger charge is 2.21. The molecule has 7 heteroatoms. The predicted molar refractivity (Wildman–Crippen MR) is 76.5 cm³/mol. The van der Waals surface area contributed by atoms with Gasteiger partial charge in [-0.15, -0.1) is 11.3 Å². The fourth-order valence-electron chi connectivity index (χ4n) is 2.06. The van der Waals surface area contributed by atoms with E-state index in [9.17, 15) is 9.59 Å². The van der Waals surface area contributed by atoms with Gasteiger partial charge in [0.25, 0.3) is 0 Å². The van der Waals surface area contributed by atoms with E-state index in [-0.39, 0.29) is 11.9 Å². The van der Waals surface area contributed by atoms with Crippen LogP contribution in [0.4, 0.5) is 0 Å². The van der Waals surface area contributed by atoms with Crippen molar-refractivity contribution in [2.24, 2.45) is 0 Å². The molecule has 0 aliphatic carbocycles. The quantitative estimate of drug-likeness (QED) is 0.778. The van der Waals surface area contributed by atoms with Gasteiger partial charge in [-0.3, -0.25) is 4.79 Å². The molecule has 104 valence electrons. The highest BCUT2D eigenvalue weighted by Crippen LogP contribution is 2.27. The average Bonchev–Trinajstić information content (AvgIpc) is 2.61. The number of carboxylic acids is 1. The van der Waals surface area contributed by atoms with Gasteiger partial charge >= 0.3 is 5.97 Å². The SMILES string of the molecule is O=C(O)c1cc(Br)sc1CNC1CCCCNC1=O. The second-order valence-corrected chi connectivity index (χ2v) is 6.93. The lowest BCUT2D eigenvalue weighted by Gasteiger charge is -2.14. The van der Waals surface area contributed by atoms with E-state index in [1.807, 2.05) is 0 Å². The van der Waals surface area contributed by atoms with E-state index in [1.54, 1.807) is 6.07 Å². The Morgan fingerprint density at radius 3 is 3.11 bits per heavy atom. The van der Waals surface area contributed by atoms with Crippen molar-refractivity contribution in [2.45, 2.75) is 31.8 Å². The number of thiophene rings is 1. The zero-order valence-corrected chi connectivity index (χ0v) is 12.6. The van der Waals surface area contributed by atoms with Crippen LogP contribution in [0.1, 0.15) is 34.5 Å². The lowest BCUT2D eigenvalue weighted by molar-refractivity contribution is -0.122. The Bertz CT molecular complexity index is 489. The maximum Gasteiger partial charge on any atom is 0.336 e. The van der Waals surface area contributed by atoms with Crippen LogP contribution in [-0.4, -0.2) is 29.6 Å². The molecule has 5 nitrogen and oxygen atoms in total. The summed E-state index contributed by atoms with van der Waals surface area (Å²) in [6.45, 7) is 1.12. The van der Waals surface area contributed by atoms with Crippen LogP contribution in [0.15, 0.2) is 9.85 Å². The van der Waals surface area contributed by atoms with Crippen molar-refractivity contribution >= 4 is 39.1 Å². The Morgan fingerprint density at radius 1 is 1.58 bits per heavy atom. The molecule has 1 atom stereocenters. The van der Waals surface area contributed by atoms with Gasteiger partial charge in [0, 0.05) is 18.0 Å². The summed E-state index contributed by atoms with van der Waals surface area (Å²) < 4.78 is 0.784. The second-order valence-electron chi connectivity index (χ2n) is 4.41. The van der Waals surface area contributed by atoms with Crippen molar-refractivity contribution in [3.05, 3.63) is 20.3 Å². The standard InChI is InChI=1S/C12H15BrN2O3S/c13-10-5-7(12(17)18)9(19-10)6-15-8-3-1-2-4-14-11(8)16/h5,8,15H,1-4,6H2,(H,14,16)(H,17,18). The number of amides is 1. The third kappa shape index (κ3) is 3.77. The zero-order chi connectivity index (χ0) is 13.8. The minimum Gasteiger partial charge on any atom is -0.478 e. The van der Waals surface area contributed by atoms with E-state index < -0.39 is 5.97 Å².